The van der Waals surface area contributed by atoms with Crippen LogP contribution in [0.15, 0.2) is 12.3 Å². The van der Waals surface area contributed by atoms with Crippen LogP contribution in [-0.2, 0) is 4.79 Å². The van der Waals surface area contributed by atoms with Gasteiger partial charge in [0, 0.05) is 19.3 Å². The minimum Gasteiger partial charge on any atom is -0.481 e. The molecule has 1 aliphatic heterocycles. The van der Waals surface area contributed by atoms with Crippen molar-refractivity contribution in [3.8, 4) is 0 Å². The van der Waals surface area contributed by atoms with Crippen LogP contribution in [0.2, 0.25) is 0 Å². The molecule has 0 unspecified atom stereocenters. The Hall–Kier alpha value is -1.85. The summed E-state index contributed by atoms with van der Waals surface area (Å²) in [5.41, 5.74) is 0.404. The Balaban J connectivity index is 2.02. The molecule has 1 aromatic rings. The molecule has 1 amide bonds. The highest BCUT2D eigenvalue weighted by Gasteiger charge is 2.31. The first-order chi connectivity index (χ1) is 7.18. The number of rotatable bonds is 2. The third kappa shape index (κ3) is 1.83. The fourth-order valence-electron chi connectivity index (χ4n) is 1.69. The van der Waals surface area contributed by atoms with Crippen LogP contribution in [-0.4, -0.2) is 45.2 Å². The summed E-state index contributed by atoms with van der Waals surface area (Å²) in [6.07, 6.45) is 2.02. The van der Waals surface area contributed by atoms with Crippen molar-refractivity contribution in [1.82, 2.24) is 15.1 Å². The Morgan fingerprint density at radius 1 is 1.60 bits per heavy atom. The normalized spacial score (nSPS) is 20.5. The van der Waals surface area contributed by atoms with Crippen LogP contribution in [0.25, 0.3) is 0 Å². The van der Waals surface area contributed by atoms with Crippen molar-refractivity contribution in [2.24, 2.45) is 5.92 Å². The second-order valence-corrected chi connectivity index (χ2v) is 3.55. The van der Waals surface area contributed by atoms with Crippen LogP contribution in [0.1, 0.15) is 16.9 Å². The number of nitrogens with one attached hydrogen (secondary N) is 1. The number of amides is 1. The summed E-state index contributed by atoms with van der Waals surface area (Å²) in [6.45, 7) is 0.780. The van der Waals surface area contributed by atoms with Gasteiger partial charge in [-0.05, 0) is 12.5 Å². The predicted molar refractivity (Wildman–Crippen MR) is 50.2 cm³/mol. The molecule has 1 aliphatic rings. The summed E-state index contributed by atoms with van der Waals surface area (Å²) in [4.78, 5) is 24.0. The molecule has 1 atom stereocenters. The van der Waals surface area contributed by atoms with Gasteiger partial charge >= 0.3 is 5.97 Å². The van der Waals surface area contributed by atoms with Gasteiger partial charge in [0.2, 0.25) is 0 Å². The summed E-state index contributed by atoms with van der Waals surface area (Å²) in [5, 5.41) is 15.0. The zero-order valence-electron chi connectivity index (χ0n) is 8.01. The minimum absolute atomic E-state index is 0.184. The van der Waals surface area contributed by atoms with Crippen molar-refractivity contribution in [2.75, 3.05) is 13.1 Å². The van der Waals surface area contributed by atoms with Crippen LogP contribution in [0.5, 0.6) is 0 Å². The van der Waals surface area contributed by atoms with E-state index in [1.807, 2.05) is 0 Å². The highest BCUT2D eigenvalue weighted by atomic mass is 16.4. The van der Waals surface area contributed by atoms with E-state index in [0.717, 1.165) is 0 Å². The van der Waals surface area contributed by atoms with Crippen LogP contribution in [0, 0.1) is 5.92 Å². The summed E-state index contributed by atoms with van der Waals surface area (Å²) in [5.74, 6) is -1.46. The minimum atomic E-state index is -0.838. The SMILES string of the molecule is O=C(O)[C@H]1CCN(C(=O)c2ccn[nH]2)C1. The van der Waals surface area contributed by atoms with Gasteiger partial charge in [0.15, 0.2) is 0 Å². The highest BCUT2D eigenvalue weighted by Crippen LogP contribution is 2.17. The second kappa shape index (κ2) is 3.72. The van der Waals surface area contributed by atoms with Crippen molar-refractivity contribution in [3.05, 3.63) is 18.0 Å². The van der Waals surface area contributed by atoms with Crippen LogP contribution in [0.3, 0.4) is 0 Å². The van der Waals surface area contributed by atoms with E-state index >= 15 is 0 Å². The zero-order valence-corrected chi connectivity index (χ0v) is 8.01. The molecule has 0 radical (unpaired) electrons. The molecule has 80 valence electrons. The Labute approximate surface area is 85.9 Å². The molecule has 0 saturated carbocycles. The third-order valence-electron chi connectivity index (χ3n) is 2.56. The molecule has 6 nitrogen and oxygen atoms in total. The number of carboxylic acids is 1. The average Bonchev–Trinajstić information content (AvgIpc) is 2.88. The van der Waals surface area contributed by atoms with E-state index in [9.17, 15) is 9.59 Å². The van der Waals surface area contributed by atoms with Gasteiger partial charge in [0.1, 0.15) is 5.69 Å². The Morgan fingerprint density at radius 2 is 2.40 bits per heavy atom. The highest BCUT2D eigenvalue weighted by molar-refractivity contribution is 5.92. The van der Waals surface area contributed by atoms with Crippen molar-refractivity contribution in [1.29, 1.82) is 0 Å². The third-order valence-corrected chi connectivity index (χ3v) is 2.56. The van der Waals surface area contributed by atoms with E-state index < -0.39 is 11.9 Å². The molecule has 0 bridgehead atoms. The smallest absolute Gasteiger partial charge is 0.308 e. The predicted octanol–water partition coefficient (Wildman–Crippen LogP) is -0.0436. The van der Waals surface area contributed by atoms with Gasteiger partial charge < -0.3 is 10.0 Å². The number of hydrogen-bond acceptors (Lipinski definition) is 3. The standard InChI is InChI=1S/C9H11N3O3/c13-8(7-1-3-10-11-7)12-4-2-6(5-12)9(14)15/h1,3,6H,2,4-5H2,(H,10,11)(H,14,15)/t6-/m0/s1. The number of hydrogen-bond donors (Lipinski definition) is 2. The fraction of sp³-hybridized carbons (Fsp3) is 0.444. The van der Waals surface area contributed by atoms with Crippen molar-refractivity contribution in [3.63, 3.8) is 0 Å². The van der Waals surface area contributed by atoms with Crippen molar-refractivity contribution >= 4 is 11.9 Å². The van der Waals surface area contributed by atoms with Gasteiger partial charge in [-0.2, -0.15) is 5.10 Å². The van der Waals surface area contributed by atoms with E-state index in [-0.39, 0.29) is 12.5 Å². The topological polar surface area (TPSA) is 86.3 Å². The van der Waals surface area contributed by atoms with Crippen molar-refractivity contribution in [2.45, 2.75) is 6.42 Å². The van der Waals surface area contributed by atoms with Crippen molar-refractivity contribution < 1.29 is 14.7 Å². The van der Waals surface area contributed by atoms with Crippen LogP contribution < -0.4 is 0 Å². The van der Waals surface area contributed by atoms with E-state index in [1.165, 1.54) is 11.1 Å². The quantitative estimate of drug-likeness (QED) is 0.715. The van der Waals surface area contributed by atoms with E-state index in [2.05, 4.69) is 10.2 Å². The molecular formula is C9H11N3O3. The van der Waals surface area contributed by atoms with Gasteiger partial charge in [-0.15, -0.1) is 0 Å². The molecule has 0 aromatic carbocycles. The second-order valence-electron chi connectivity index (χ2n) is 3.55. The van der Waals surface area contributed by atoms with E-state index in [0.29, 0.717) is 18.7 Å². The molecule has 2 heterocycles. The molecule has 1 saturated heterocycles. The zero-order chi connectivity index (χ0) is 10.8. The number of H-pyrrole nitrogens is 1. The maximum atomic E-state index is 11.7. The first-order valence-electron chi connectivity index (χ1n) is 4.70. The molecule has 15 heavy (non-hydrogen) atoms. The largest absolute Gasteiger partial charge is 0.481 e. The number of aromatic amines is 1. The number of carboxylic acid groups (broad SMARTS) is 1. The molecular weight excluding hydrogens is 198 g/mol. The summed E-state index contributed by atoms with van der Waals surface area (Å²) >= 11 is 0. The maximum Gasteiger partial charge on any atom is 0.308 e. The lowest BCUT2D eigenvalue weighted by Gasteiger charge is -2.13. The number of aliphatic carboxylic acids is 1. The lowest BCUT2D eigenvalue weighted by Crippen LogP contribution is -2.30. The molecule has 0 spiro atoms. The molecule has 6 heteroatoms. The molecule has 2 N–H and O–H groups in total. The van der Waals surface area contributed by atoms with Gasteiger partial charge in [0.25, 0.3) is 5.91 Å². The fourth-order valence-corrected chi connectivity index (χ4v) is 1.69. The van der Waals surface area contributed by atoms with Gasteiger partial charge in [-0.25, -0.2) is 0 Å². The summed E-state index contributed by atoms with van der Waals surface area (Å²) in [7, 11) is 0. The number of nitrogens with zero attached hydrogens (tertiary/aromatic N) is 2. The lowest BCUT2D eigenvalue weighted by molar-refractivity contribution is -0.141. The first kappa shape index (κ1) is 9.70. The number of aromatic nitrogens is 2. The summed E-state index contributed by atoms with van der Waals surface area (Å²) < 4.78 is 0. The molecule has 0 aliphatic carbocycles. The molecule has 2 rings (SSSR count). The first-order valence-corrected chi connectivity index (χ1v) is 4.70. The molecule has 1 fully saturated rings. The van der Waals surface area contributed by atoms with Gasteiger partial charge in [0.05, 0.1) is 5.92 Å². The summed E-state index contributed by atoms with van der Waals surface area (Å²) in [6, 6.07) is 1.58. The van der Waals surface area contributed by atoms with Gasteiger partial charge in [-0.3, -0.25) is 14.7 Å². The Morgan fingerprint density at radius 3 is 2.93 bits per heavy atom. The Kier molecular flexibility index (Phi) is 2.40. The van der Waals surface area contributed by atoms with Crippen LogP contribution >= 0.6 is 0 Å². The van der Waals surface area contributed by atoms with Gasteiger partial charge in [-0.1, -0.05) is 0 Å². The molecule has 1 aromatic heterocycles. The number of carbonyl (C=O) groups excluding carboxylic acids is 1. The number of likely N-dealkylation sites (tertiary alicyclic amines) is 1. The monoisotopic (exact) mass is 209 g/mol. The lowest BCUT2D eigenvalue weighted by atomic mass is 10.1. The van der Waals surface area contributed by atoms with Crippen LogP contribution in [0.4, 0.5) is 0 Å². The maximum absolute atomic E-state index is 11.7. The Bertz CT molecular complexity index is 374. The van der Waals surface area contributed by atoms with E-state index in [1.54, 1.807) is 6.07 Å². The average molecular weight is 209 g/mol. The number of carbonyl (C=O) groups is 2. The van der Waals surface area contributed by atoms with E-state index in [4.69, 9.17) is 5.11 Å².